The van der Waals surface area contributed by atoms with Gasteiger partial charge in [-0.3, -0.25) is 0 Å². The Morgan fingerprint density at radius 2 is 2.42 bits per heavy atom. The summed E-state index contributed by atoms with van der Waals surface area (Å²) in [6.07, 6.45) is 4.24. The highest BCUT2D eigenvalue weighted by Gasteiger charge is 2.36. The number of thiazole rings is 1. The maximum Gasteiger partial charge on any atom is 0.159 e. The molecule has 1 aromatic rings. The van der Waals surface area contributed by atoms with Gasteiger partial charge in [0.25, 0.3) is 0 Å². The van der Waals surface area contributed by atoms with Gasteiger partial charge in [-0.1, -0.05) is 0 Å². The van der Waals surface area contributed by atoms with Crippen molar-refractivity contribution in [3.63, 3.8) is 0 Å². The van der Waals surface area contributed by atoms with Crippen molar-refractivity contribution in [3.8, 4) is 0 Å². The minimum Gasteiger partial charge on any atom is -0.369 e. The highest BCUT2D eigenvalue weighted by Crippen LogP contribution is 2.44. The van der Waals surface area contributed by atoms with Gasteiger partial charge in [-0.25, -0.2) is 4.98 Å². The summed E-state index contributed by atoms with van der Waals surface area (Å²) in [6.45, 7) is 0. The van der Waals surface area contributed by atoms with Crippen molar-refractivity contribution in [1.82, 2.24) is 4.98 Å². The molecule has 2 aliphatic heterocycles. The van der Waals surface area contributed by atoms with Crippen molar-refractivity contribution in [3.05, 3.63) is 14.5 Å². The molecule has 12 heavy (non-hydrogen) atoms. The van der Waals surface area contributed by atoms with Gasteiger partial charge < -0.3 is 4.74 Å². The molecule has 0 radical (unpaired) electrons. The molecule has 1 saturated heterocycles. The minimum absolute atomic E-state index is 0.363. The van der Waals surface area contributed by atoms with Crippen molar-refractivity contribution in [1.29, 1.82) is 0 Å². The summed E-state index contributed by atoms with van der Waals surface area (Å²) in [4.78, 5) is 5.80. The van der Waals surface area contributed by atoms with E-state index in [1.54, 1.807) is 11.3 Å². The number of hydrogen-bond donors (Lipinski definition) is 0. The van der Waals surface area contributed by atoms with Crippen molar-refractivity contribution in [2.75, 3.05) is 0 Å². The first-order chi connectivity index (χ1) is 5.83. The molecule has 0 saturated carbocycles. The molecular weight excluding hydrogens is 238 g/mol. The highest BCUT2D eigenvalue weighted by molar-refractivity contribution is 9.11. The van der Waals surface area contributed by atoms with E-state index in [1.807, 2.05) is 0 Å². The summed E-state index contributed by atoms with van der Waals surface area (Å²) < 4.78 is 6.79. The van der Waals surface area contributed by atoms with E-state index in [0.717, 1.165) is 10.3 Å². The maximum absolute atomic E-state index is 5.79. The van der Waals surface area contributed by atoms with Crippen LogP contribution in [0.1, 0.15) is 29.5 Å². The normalized spacial score (nSPS) is 32.1. The minimum atomic E-state index is 0.363. The molecule has 1 fully saturated rings. The fraction of sp³-hybridized carbons (Fsp3) is 0.625. The van der Waals surface area contributed by atoms with E-state index in [2.05, 4.69) is 20.9 Å². The van der Waals surface area contributed by atoms with Crippen molar-refractivity contribution >= 4 is 27.3 Å². The fourth-order valence-corrected chi connectivity index (χ4v) is 3.62. The zero-order valence-corrected chi connectivity index (χ0v) is 8.82. The van der Waals surface area contributed by atoms with Crippen LogP contribution in [-0.4, -0.2) is 11.1 Å². The summed E-state index contributed by atoms with van der Waals surface area (Å²) in [5.74, 6) is 0. The van der Waals surface area contributed by atoms with Crippen LogP contribution in [-0.2, 0) is 11.2 Å². The van der Waals surface area contributed by atoms with E-state index in [1.165, 1.54) is 23.4 Å². The van der Waals surface area contributed by atoms with Gasteiger partial charge in [0.1, 0.15) is 0 Å². The smallest absolute Gasteiger partial charge is 0.159 e. The van der Waals surface area contributed by atoms with Gasteiger partial charge in [-0.05, 0) is 28.8 Å². The maximum atomic E-state index is 5.79. The second-order valence-electron chi connectivity index (χ2n) is 3.31. The molecule has 1 aromatic heterocycles. The van der Waals surface area contributed by atoms with Gasteiger partial charge in [-0.15, -0.1) is 11.3 Å². The van der Waals surface area contributed by atoms with E-state index in [4.69, 9.17) is 4.74 Å². The Morgan fingerprint density at radius 3 is 3.33 bits per heavy atom. The van der Waals surface area contributed by atoms with Gasteiger partial charge in [-0.2, -0.15) is 0 Å². The molecule has 64 valence electrons. The number of fused-ring (bicyclic) bond motifs is 4. The predicted molar refractivity (Wildman–Crippen MR) is 50.4 cm³/mol. The summed E-state index contributed by atoms with van der Waals surface area (Å²) >= 11 is 5.15. The van der Waals surface area contributed by atoms with Crippen LogP contribution in [0.25, 0.3) is 0 Å². The molecule has 2 aliphatic rings. The molecule has 0 N–H and O–H groups in total. The number of aromatic nitrogens is 1. The third-order valence-corrected chi connectivity index (χ3v) is 4.16. The van der Waals surface area contributed by atoms with E-state index in [9.17, 15) is 0 Å². The Balaban J connectivity index is 2.11. The first-order valence-electron chi connectivity index (χ1n) is 4.13. The Kier molecular flexibility index (Phi) is 1.57. The Morgan fingerprint density at radius 1 is 1.50 bits per heavy atom. The average Bonchev–Trinajstić information content (AvgIpc) is 2.57. The molecule has 0 aliphatic carbocycles. The van der Waals surface area contributed by atoms with E-state index >= 15 is 0 Å². The summed E-state index contributed by atoms with van der Waals surface area (Å²) in [6, 6.07) is 0. The zero-order chi connectivity index (χ0) is 8.13. The van der Waals surface area contributed by atoms with Crippen LogP contribution in [0.2, 0.25) is 0 Å². The summed E-state index contributed by atoms with van der Waals surface area (Å²) in [5.41, 5.74) is 1.27. The molecule has 0 amide bonds. The second-order valence-corrected chi connectivity index (χ2v) is 5.61. The predicted octanol–water partition coefficient (Wildman–Crippen LogP) is 2.68. The summed E-state index contributed by atoms with van der Waals surface area (Å²) in [7, 11) is 0. The lowest BCUT2D eigenvalue weighted by atomic mass is 10.1. The number of rotatable bonds is 0. The van der Waals surface area contributed by atoms with Crippen molar-refractivity contribution in [2.24, 2.45) is 0 Å². The third kappa shape index (κ3) is 0.980. The van der Waals surface area contributed by atoms with Gasteiger partial charge in [0, 0.05) is 6.42 Å². The molecule has 3 heterocycles. The van der Waals surface area contributed by atoms with Crippen LogP contribution in [0.5, 0.6) is 0 Å². The van der Waals surface area contributed by atoms with Crippen LogP contribution in [0, 0.1) is 0 Å². The highest BCUT2D eigenvalue weighted by atomic mass is 79.9. The lowest BCUT2D eigenvalue weighted by molar-refractivity contribution is 0.0339. The fourth-order valence-electron chi connectivity index (χ4n) is 2.00. The molecule has 3 rings (SSSR count). The Bertz CT molecular complexity index is 325. The van der Waals surface area contributed by atoms with Gasteiger partial charge in [0.15, 0.2) is 3.92 Å². The number of halogens is 1. The lowest BCUT2D eigenvalue weighted by Gasteiger charge is -2.18. The SMILES string of the molecule is Brc1nc2c(s1)C1CCC(C2)O1. The first kappa shape index (κ1) is 7.47. The molecule has 0 aromatic carbocycles. The van der Waals surface area contributed by atoms with Crippen LogP contribution < -0.4 is 0 Å². The molecule has 2 nitrogen and oxygen atoms in total. The number of nitrogens with zero attached hydrogens (tertiary/aromatic N) is 1. The standard InChI is InChI=1S/C8H8BrNOS/c9-8-10-5-3-4-1-2-6(11-4)7(5)12-8/h4,6H,1-3H2. The van der Waals surface area contributed by atoms with Crippen LogP contribution in [0.4, 0.5) is 0 Å². The van der Waals surface area contributed by atoms with Gasteiger partial charge >= 0.3 is 0 Å². The largest absolute Gasteiger partial charge is 0.369 e. The van der Waals surface area contributed by atoms with Crippen molar-refractivity contribution < 1.29 is 4.74 Å². The van der Waals surface area contributed by atoms with E-state index in [-0.39, 0.29) is 0 Å². The molecule has 4 heteroatoms. The topological polar surface area (TPSA) is 22.1 Å². The average molecular weight is 246 g/mol. The van der Waals surface area contributed by atoms with Crippen LogP contribution in [0.3, 0.4) is 0 Å². The Labute approximate surface area is 83.1 Å². The number of hydrogen-bond acceptors (Lipinski definition) is 3. The first-order valence-corrected chi connectivity index (χ1v) is 5.74. The summed E-state index contributed by atoms with van der Waals surface area (Å²) in [5, 5.41) is 0. The molecule has 0 spiro atoms. The molecular formula is C8H8BrNOS. The number of ether oxygens (including phenoxy) is 1. The Hall–Kier alpha value is 0.0700. The monoisotopic (exact) mass is 245 g/mol. The quantitative estimate of drug-likeness (QED) is 0.702. The molecule has 2 unspecified atom stereocenters. The molecule has 2 atom stereocenters. The second kappa shape index (κ2) is 2.53. The van der Waals surface area contributed by atoms with E-state index < -0.39 is 0 Å². The van der Waals surface area contributed by atoms with Crippen LogP contribution >= 0.6 is 27.3 Å². The third-order valence-electron chi connectivity index (χ3n) is 2.52. The van der Waals surface area contributed by atoms with Crippen LogP contribution in [0.15, 0.2) is 3.92 Å². The molecule has 2 bridgehead atoms. The zero-order valence-electron chi connectivity index (χ0n) is 6.42. The van der Waals surface area contributed by atoms with Gasteiger partial charge in [0.2, 0.25) is 0 Å². The van der Waals surface area contributed by atoms with E-state index in [0.29, 0.717) is 12.2 Å². The lowest BCUT2D eigenvalue weighted by Crippen LogP contribution is -2.16. The van der Waals surface area contributed by atoms with Gasteiger partial charge in [0.05, 0.1) is 22.8 Å². The van der Waals surface area contributed by atoms with Crippen molar-refractivity contribution in [2.45, 2.75) is 31.5 Å².